The zero-order valence-corrected chi connectivity index (χ0v) is 17.5. The van der Waals surface area contributed by atoms with Crippen molar-refractivity contribution in [2.45, 2.75) is 37.5 Å². The lowest BCUT2D eigenvalue weighted by Gasteiger charge is -2.34. The molecular weight excluding hydrogens is 386 g/mol. The third-order valence-corrected chi connectivity index (χ3v) is 7.68. The molecule has 0 bridgehead atoms. The minimum atomic E-state index is -3.53. The topological polar surface area (TPSA) is 69.7 Å². The Morgan fingerprint density at radius 3 is 2.24 bits per heavy atom. The van der Waals surface area contributed by atoms with Gasteiger partial charge in [0.1, 0.15) is 0 Å². The van der Waals surface area contributed by atoms with Crippen LogP contribution in [0.3, 0.4) is 0 Å². The summed E-state index contributed by atoms with van der Waals surface area (Å²) in [6.45, 7) is 3.36. The van der Waals surface area contributed by atoms with E-state index in [9.17, 15) is 13.2 Å². The monoisotopic (exact) mass is 413 g/mol. The number of aryl methyl sites for hydroxylation is 3. The van der Waals surface area contributed by atoms with Crippen LogP contribution >= 0.6 is 0 Å². The van der Waals surface area contributed by atoms with Crippen LogP contribution in [-0.2, 0) is 22.9 Å². The molecule has 6 nitrogen and oxygen atoms in total. The average molecular weight is 414 g/mol. The number of fused-ring (bicyclic) bond motifs is 1. The fourth-order valence-corrected chi connectivity index (χ4v) is 5.46. The molecule has 2 aliphatic rings. The molecule has 1 aliphatic heterocycles. The molecular formula is C22H27N3O3S. The molecule has 1 N–H and O–H groups in total. The third-order valence-electron chi connectivity index (χ3n) is 5.79. The lowest BCUT2D eigenvalue weighted by atomic mass is 9.92. The van der Waals surface area contributed by atoms with Crippen molar-refractivity contribution >= 4 is 21.7 Å². The summed E-state index contributed by atoms with van der Waals surface area (Å²) in [6.07, 6.45) is 4.27. The Balaban J connectivity index is 1.39. The van der Waals surface area contributed by atoms with Crippen molar-refractivity contribution in [3.63, 3.8) is 0 Å². The van der Waals surface area contributed by atoms with Crippen LogP contribution in [-0.4, -0.2) is 49.8 Å². The number of piperazine rings is 1. The fraction of sp³-hybridized carbons (Fsp3) is 0.409. The molecule has 2 aromatic carbocycles. The van der Waals surface area contributed by atoms with Gasteiger partial charge in [0, 0.05) is 31.9 Å². The summed E-state index contributed by atoms with van der Waals surface area (Å²) >= 11 is 0. The van der Waals surface area contributed by atoms with E-state index >= 15 is 0 Å². The molecule has 0 atom stereocenters. The molecule has 0 spiro atoms. The number of benzene rings is 2. The molecule has 0 unspecified atom stereocenters. The lowest BCUT2D eigenvalue weighted by Crippen LogP contribution is -2.51. The largest absolute Gasteiger partial charge is 0.322 e. The van der Waals surface area contributed by atoms with E-state index in [-0.39, 0.29) is 6.03 Å². The van der Waals surface area contributed by atoms with Crippen LogP contribution in [0.2, 0.25) is 0 Å². The molecule has 1 aliphatic carbocycles. The number of carbonyl (C=O) groups is 1. The number of rotatable bonds is 3. The zero-order chi connectivity index (χ0) is 20.4. The number of anilines is 1. The number of urea groups is 1. The fourth-order valence-electron chi connectivity index (χ4n) is 3.99. The van der Waals surface area contributed by atoms with Gasteiger partial charge in [-0.25, -0.2) is 13.2 Å². The van der Waals surface area contributed by atoms with E-state index in [1.165, 1.54) is 16.3 Å². The standard InChI is InChI=1S/C22H27N3O3S/c1-17-6-9-20(10-7-17)23-22(26)24-12-14-25(15-13-24)29(27,28)21-11-8-18-4-2-3-5-19(18)16-21/h6-11,16H,2-5,12-15H2,1H3,(H,23,26). The Labute approximate surface area is 172 Å². The Kier molecular flexibility index (Phi) is 5.61. The second-order valence-corrected chi connectivity index (χ2v) is 9.76. The van der Waals surface area contributed by atoms with Gasteiger partial charge in [0.15, 0.2) is 0 Å². The predicted molar refractivity (Wildman–Crippen MR) is 114 cm³/mol. The summed E-state index contributed by atoms with van der Waals surface area (Å²) in [5, 5.41) is 2.88. The van der Waals surface area contributed by atoms with E-state index in [2.05, 4.69) is 5.32 Å². The van der Waals surface area contributed by atoms with Gasteiger partial charge in [-0.1, -0.05) is 23.8 Å². The first-order valence-electron chi connectivity index (χ1n) is 10.2. The molecule has 1 fully saturated rings. The highest BCUT2D eigenvalue weighted by atomic mass is 32.2. The summed E-state index contributed by atoms with van der Waals surface area (Å²) in [5.41, 5.74) is 4.30. The maximum absolute atomic E-state index is 13.1. The van der Waals surface area contributed by atoms with Crippen LogP contribution in [0.5, 0.6) is 0 Å². The molecule has 0 saturated carbocycles. The zero-order valence-electron chi connectivity index (χ0n) is 16.7. The Morgan fingerprint density at radius 1 is 0.897 bits per heavy atom. The molecule has 1 saturated heterocycles. The summed E-state index contributed by atoms with van der Waals surface area (Å²) in [6, 6.07) is 13.0. The quantitative estimate of drug-likeness (QED) is 0.838. The van der Waals surface area contributed by atoms with E-state index in [4.69, 9.17) is 0 Å². The number of nitrogens with zero attached hydrogens (tertiary/aromatic N) is 2. The number of nitrogens with one attached hydrogen (secondary N) is 1. The molecule has 1 heterocycles. The van der Waals surface area contributed by atoms with E-state index in [0.717, 1.165) is 36.1 Å². The van der Waals surface area contributed by atoms with E-state index in [0.29, 0.717) is 31.1 Å². The highest BCUT2D eigenvalue weighted by molar-refractivity contribution is 7.89. The normalized spacial score (nSPS) is 17.6. The maximum Gasteiger partial charge on any atom is 0.321 e. The number of hydrogen-bond acceptors (Lipinski definition) is 3. The summed E-state index contributed by atoms with van der Waals surface area (Å²) in [5.74, 6) is 0. The van der Waals surface area contributed by atoms with Gasteiger partial charge in [0.25, 0.3) is 0 Å². The second-order valence-electron chi connectivity index (χ2n) is 7.82. The average Bonchev–Trinajstić information content (AvgIpc) is 2.75. The van der Waals surface area contributed by atoms with Crippen LogP contribution in [0.15, 0.2) is 47.4 Å². The summed E-state index contributed by atoms with van der Waals surface area (Å²) < 4.78 is 27.7. The molecule has 0 radical (unpaired) electrons. The third kappa shape index (κ3) is 4.31. The van der Waals surface area contributed by atoms with Crippen molar-refractivity contribution < 1.29 is 13.2 Å². The van der Waals surface area contributed by atoms with Crippen molar-refractivity contribution in [1.29, 1.82) is 0 Å². The van der Waals surface area contributed by atoms with Gasteiger partial charge in [-0.05, 0) is 68.0 Å². The smallest absolute Gasteiger partial charge is 0.321 e. The van der Waals surface area contributed by atoms with Crippen LogP contribution in [0, 0.1) is 6.92 Å². The van der Waals surface area contributed by atoms with Crippen molar-refractivity contribution in [2.24, 2.45) is 0 Å². The molecule has 29 heavy (non-hydrogen) atoms. The van der Waals surface area contributed by atoms with E-state index in [1.807, 2.05) is 43.3 Å². The molecule has 0 aromatic heterocycles. The predicted octanol–water partition coefficient (Wildman–Crippen LogP) is 3.41. The Hall–Kier alpha value is -2.38. The highest BCUT2D eigenvalue weighted by Crippen LogP contribution is 2.26. The minimum Gasteiger partial charge on any atom is -0.322 e. The van der Waals surface area contributed by atoms with Crippen molar-refractivity contribution in [3.05, 3.63) is 59.2 Å². The maximum atomic E-state index is 13.1. The van der Waals surface area contributed by atoms with Gasteiger partial charge in [-0.2, -0.15) is 4.31 Å². The van der Waals surface area contributed by atoms with Gasteiger partial charge < -0.3 is 10.2 Å². The Morgan fingerprint density at radius 2 is 1.55 bits per heavy atom. The van der Waals surface area contributed by atoms with Crippen molar-refractivity contribution in [1.82, 2.24) is 9.21 Å². The van der Waals surface area contributed by atoms with E-state index in [1.54, 1.807) is 11.0 Å². The SMILES string of the molecule is Cc1ccc(NC(=O)N2CCN(S(=O)(=O)c3ccc4c(c3)CCCC4)CC2)cc1. The first kappa shape index (κ1) is 19.9. The number of carbonyl (C=O) groups excluding carboxylic acids is 1. The molecule has 2 amide bonds. The Bertz CT molecular complexity index is 994. The lowest BCUT2D eigenvalue weighted by molar-refractivity contribution is 0.184. The van der Waals surface area contributed by atoms with E-state index < -0.39 is 10.0 Å². The van der Waals surface area contributed by atoms with Gasteiger partial charge in [-0.3, -0.25) is 0 Å². The minimum absolute atomic E-state index is 0.195. The van der Waals surface area contributed by atoms with Crippen molar-refractivity contribution in [2.75, 3.05) is 31.5 Å². The second kappa shape index (κ2) is 8.16. The van der Waals surface area contributed by atoms with Gasteiger partial charge >= 0.3 is 6.03 Å². The van der Waals surface area contributed by atoms with Crippen molar-refractivity contribution in [3.8, 4) is 0 Å². The highest BCUT2D eigenvalue weighted by Gasteiger charge is 2.30. The number of amides is 2. The van der Waals surface area contributed by atoms with Gasteiger partial charge in [-0.15, -0.1) is 0 Å². The van der Waals surface area contributed by atoms with Gasteiger partial charge in [0.2, 0.25) is 10.0 Å². The van der Waals surface area contributed by atoms with Crippen LogP contribution < -0.4 is 5.32 Å². The summed E-state index contributed by atoms with van der Waals surface area (Å²) in [4.78, 5) is 14.5. The molecule has 4 rings (SSSR count). The van der Waals surface area contributed by atoms with Crippen LogP contribution in [0.1, 0.15) is 29.5 Å². The summed E-state index contributed by atoms with van der Waals surface area (Å²) in [7, 11) is -3.53. The first-order chi connectivity index (χ1) is 13.9. The number of hydrogen-bond donors (Lipinski definition) is 1. The molecule has 7 heteroatoms. The van der Waals surface area contributed by atoms with Crippen LogP contribution in [0.4, 0.5) is 10.5 Å². The van der Waals surface area contributed by atoms with Gasteiger partial charge in [0.05, 0.1) is 4.90 Å². The number of sulfonamides is 1. The molecule has 2 aromatic rings. The first-order valence-corrected chi connectivity index (χ1v) is 11.6. The molecule has 154 valence electrons. The van der Waals surface area contributed by atoms with Crippen LogP contribution in [0.25, 0.3) is 0 Å².